The summed E-state index contributed by atoms with van der Waals surface area (Å²) in [5.41, 5.74) is 4.37. The monoisotopic (exact) mass is 707 g/mol. The molecule has 1 aliphatic carbocycles. The van der Waals surface area contributed by atoms with Crippen LogP contribution in [0.15, 0.2) is 36.4 Å². The molecule has 0 spiro atoms. The summed E-state index contributed by atoms with van der Waals surface area (Å²) in [4.78, 5) is 50.9. The van der Waals surface area contributed by atoms with Gasteiger partial charge in [-0.05, 0) is 99.6 Å². The minimum Gasteiger partial charge on any atom is -0.336 e. The highest BCUT2D eigenvalue weighted by Gasteiger charge is 2.46. The fourth-order valence-corrected chi connectivity index (χ4v) is 8.49. The summed E-state index contributed by atoms with van der Waals surface area (Å²) in [7, 11) is 4.15. The van der Waals surface area contributed by atoms with Crippen molar-refractivity contribution in [2.45, 2.75) is 56.5 Å². The quantitative estimate of drug-likeness (QED) is 0.350. The molecule has 3 aromatic rings. The number of H-pyrrole nitrogens is 1. The van der Waals surface area contributed by atoms with Gasteiger partial charge in [-0.1, -0.05) is 17.3 Å². The van der Waals surface area contributed by atoms with E-state index in [1.165, 1.54) is 0 Å². The van der Waals surface area contributed by atoms with Crippen molar-refractivity contribution in [3.63, 3.8) is 0 Å². The molecule has 0 saturated carbocycles. The van der Waals surface area contributed by atoms with Crippen LogP contribution < -0.4 is 5.32 Å². The van der Waals surface area contributed by atoms with Crippen LogP contribution >= 0.6 is 0 Å². The van der Waals surface area contributed by atoms with E-state index in [2.05, 4.69) is 55.9 Å². The SMILES string of the molecule is C[C@@H](CC1(c2nn[nH]n2)c2ccc(C(=O)N3CCN(C)CC3)cc2CCc2cc(C(=O)N3CCN(C)CC3)ccc21)NCC(=O)N1CCC[C@H]1C#N. The number of benzene rings is 2. The van der Waals surface area contributed by atoms with E-state index in [-0.39, 0.29) is 36.3 Å². The third kappa shape index (κ3) is 6.92. The van der Waals surface area contributed by atoms with Crippen molar-refractivity contribution in [1.29, 1.82) is 5.26 Å². The second kappa shape index (κ2) is 15.1. The molecule has 1 aromatic heterocycles. The van der Waals surface area contributed by atoms with Crippen LogP contribution in [0.25, 0.3) is 0 Å². The lowest BCUT2D eigenvalue weighted by Crippen LogP contribution is -2.47. The molecule has 2 aromatic carbocycles. The predicted octanol–water partition coefficient (Wildman–Crippen LogP) is 1.29. The van der Waals surface area contributed by atoms with Crippen molar-refractivity contribution in [3.8, 4) is 6.07 Å². The third-order valence-electron chi connectivity index (χ3n) is 11.5. The van der Waals surface area contributed by atoms with Gasteiger partial charge in [-0.3, -0.25) is 14.4 Å². The van der Waals surface area contributed by atoms with Crippen molar-refractivity contribution in [2.24, 2.45) is 0 Å². The largest absolute Gasteiger partial charge is 0.336 e. The Balaban J connectivity index is 1.27. The lowest BCUT2D eigenvalue weighted by Gasteiger charge is -2.37. The van der Waals surface area contributed by atoms with Gasteiger partial charge in [0.2, 0.25) is 5.91 Å². The number of hydrogen-bond acceptors (Lipinski definition) is 10. The van der Waals surface area contributed by atoms with Crippen molar-refractivity contribution >= 4 is 17.7 Å². The molecule has 14 heteroatoms. The van der Waals surface area contributed by atoms with Crippen molar-refractivity contribution < 1.29 is 14.4 Å². The number of carbonyl (C=O) groups excluding carboxylic acids is 3. The number of carbonyl (C=O) groups is 3. The lowest BCUT2D eigenvalue weighted by molar-refractivity contribution is -0.130. The molecule has 0 radical (unpaired) electrons. The van der Waals surface area contributed by atoms with Crippen LogP contribution in [-0.2, 0) is 23.1 Å². The van der Waals surface area contributed by atoms with Crippen LogP contribution in [0.4, 0.5) is 0 Å². The highest BCUT2D eigenvalue weighted by molar-refractivity contribution is 5.95. The summed E-state index contributed by atoms with van der Waals surface area (Å²) >= 11 is 0. The van der Waals surface area contributed by atoms with Gasteiger partial charge >= 0.3 is 0 Å². The van der Waals surface area contributed by atoms with Gasteiger partial charge < -0.3 is 29.8 Å². The average molecular weight is 708 g/mol. The number of aryl methyl sites for hydroxylation is 2. The average Bonchev–Trinajstić information content (AvgIpc) is 3.87. The highest BCUT2D eigenvalue weighted by Crippen LogP contribution is 2.47. The molecule has 274 valence electrons. The first kappa shape index (κ1) is 35.7. The molecule has 0 bridgehead atoms. The molecule has 3 fully saturated rings. The minimum absolute atomic E-state index is 0.0222. The van der Waals surface area contributed by atoms with Gasteiger partial charge in [0.1, 0.15) is 6.04 Å². The minimum atomic E-state index is -0.919. The maximum Gasteiger partial charge on any atom is 0.253 e. The number of piperazine rings is 2. The zero-order valence-corrected chi connectivity index (χ0v) is 30.5. The molecule has 3 aliphatic heterocycles. The molecular weight excluding hydrogens is 658 g/mol. The van der Waals surface area contributed by atoms with Crippen LogP contribution in [0, 0.1) is 11.3 Å². The number of fused-ring (bicyclic) bond motifs is 2. The Labute approximate surface area is 305 Å². The van der Waals surface area contributed by atoms with E-state index in [0.29, 0.717) is 75.4 Å². The highest BCUT2D eigenvalue weighted by atomic mass is 16.2. The number of likely N-dealkylation sites (tertiary alicyclic amines) is 1. The zero-order valence-electron chi connectivity index (χ0n) is 30.5. The Morgan fingerprint density at radius 1 is 0.885 bits per heavy atom. The molecule has 3 amide bonds. The second-order valence-corrected chi connectivity index (χ2v) is 14.9. The van der Waals surface area contributed by atoms with Crippen molar-refractivity contribution in [3.05, 3.63) is 75.6 Å². The van der Waals surface area contributed by atoms with Crippen LogP contribution in [0.5, 0.6) is 0 Å². The van der Waals surface area contributed by atoms with E-state index in [1.54, 1.807) is 4.90 Å². The molecule has 2 N–H and O–H groups in total. The molecule has 2 atom stereocenters. The topological polar surface area (TPSA) is 158 Å². The summed E-state index contributed by atoms with van der Waals surface area (Å²) in [5.74, 6) is 0.436. The van der Waals surface area contributed by atoms with E-state index in [9.17, 15) is 19.6 Å². The lowest BCUT2D eigenvalue weighted by atomic mass is 9.67. The molecule has 0 unspecified atom stereocenters. The van der Waals surface area contributed by atoms with Gasteiger partial charge in [0.15, 0.2) is 5.82 Å². The van der Waals surface area contributed by atoms with E-state index in [4.69, 9.17) is 0 Å². The Bertz CT molecular complexity index is 1740. The van der Waals surface area contributed by atoms with Crippen molar-refractivity contribution in [1.82, 2.24) is 50.4 Å². The van der Waals surface area contributed by atoms with Crippen LogP contribution in [-0.4, -0.2) is 154 Å². The number of nitrogens with one attached hydrogen (secondary N) is 2. The van der Waals surface area contributed by atoms with Gasteiger partial charge in [0, 0.05) is 76.1 Å². The molecular formula is C38H49N11O3. The smallest absolute Gasteiger partial charge is 0.253 e. The van der Waals surface area contributed by atoms with Gasteiger partial charge in [-0.25, -0.2) is 0 Å². The number of nitrogens with zero attached hydrogens (tertiary/aromatic N) is 9. The number of hydrogen-bond donors (Lipinski definition) is 2. The number of likely N-dealkylation sites (N-methyl/N-ethyl adjacent to an activating group) is 2. The van der Waals surface area contributed by atoms with E-state index in [1.807, 2.05) is 53.1 Å². The second-order valence-electron chi connectivity index (χ2n) is 14.9. The van der Waals surface area contributed by atoms with Crippen LogP contribution in [0.3, 0.4) is 0 Å². The molecule has 52 heavy (non-hydrogen) atoms. The predicted molar refractivity (Wildman–Crippen MR) is 194 cm³/mol. The Hall–Kier alpha value is -4.71. The first-order valence-corrected chi connectivity index (χ1v) is 18.6. The molecule has 3 saturated heterocycles. The summed E-state index contributed by atoms with van der Waals surface area (Å²) < 4.78 is 0. The number of rotatable bonds is 8. The number of aromatic nitrogens is 4. The maximum absolute atomic E-state index is 13.8. The summed E-state index contributed by atoms with van der Waals surface area (Å²) in [6, 6.07) is 13.7. The zero-order chi connectivity index (χ0) is 36.4. The van der Waals surface area contributed by atoms with Crippen LogP contribution in [0.1, 0.15) is 75.0 Å². The van der Waals surface area contributed by atoms with E-state index >= 15 is 0 Å². The number of amides is 3. The van der Waals surface area contributed by atoms with Gasteiger partial charge in [0.25, 0.3) is 11.8 Å². The summed E-state index contributed by atoms with van der Waals surface area (Å²) in [6.45, 7) is 8.81. The first-order chi connectivity index (χ1) is 25.2. The summed E-state index contributed by atoms with van der Waals surface area (Å²) in [6.07, 6.45) is 3.31. The number of aromatic amines is 1. The fourth-order valence-electron chi connectivity index (χ4n) is 8.49. The van der Waals surface area contributed by atoms with Gasteiger partial charge in [-0.2, -0.15) is 10.5 Å². The molecule has 7 rings (SSSR count). The third-order valence-corrected chi connectivity index (χ3v) is 11.5. The van der Waals surface area contributed by atoms with Gasteiger partial charge in [-0.15, -0.1) is 10.2 Å². The Morgan fingerprint density at radius 3 is 1.94 bits per heavy atom. The Kier molecular flexibility index (Phi) is 10.4. The Morgan fingerprint density at radius 2 is 1.44 bits per heavy atom. The van der Waals surface area contributed by atoms with E-state index in [0.717, 1.165) is 54.9 Å². The maximum atomic E-state index is 13.8. The molecule has 14 nitrogen and oxygen atoms in total. The van der Waals surface area contributed by atoms with Crippen molar-refractivity contribution in [2.75, 3.05) is 79.5 Å². The number of nitriles is 1. The summed E-state index contributed by atoms with van der Waals surface area (Å²) in [5, 5.41) is 29.0. The fraction of sp³-hybridized carbons (Fsp3) is 0.553. The number of tetrazole rings is 1. The van der Waals surface area contributed by atoms with E-state index < -0.39 is 5.41 Å². The molecule has 4 heterocycles. The molecule has 4 aliphatic rings. The standard InChI is InChI=1S/C38H49N11O3/c1-26(40-25-34(50)49-12-4-5-31(49)24-39)23-38(37-41-43-44-42-37)32-10-8-29(35(51)47-17-13-45(2)14-18-47)21-27(32)6-7-28-22-30(9-11-33(28)38)36(52)48-19-15-46(3)16-20-48/h8-11,21-22,26,31,40H,4-7,12-20,23,25H2,1-3H3,(H,41,42,43,44)/t26-,31-/m0/s1. The van der Waals surface area contributed by atoms with Crippen LogP contribution in [0.2, 0.25) is 0 Å². The first-order valence-electron chi connectivity index (χ1n) is 18.6. The van der Waals surface area contributed by atoms with Gasteiger partial charge in [0.05, 0.1) is 18.0 Å². The normalized spacial score (nSPS) is 21.2.